The van der Waals surface area contributed by atoms with Gasteiger partial charge in [0.15, 0.2) is 6.10 Å². The summed E-state index contributed by atoms with van der Waals surface area (Å²) < 4.78 is 5.26. The molecule has 17 heavy (non-hydrogen) atoms. The average Bonchev–Trinajstić information content (AvgIpc) is 2.97. The molecule has 1 aromatic rings. The topological polar surface area (TPSA) is 88.5 Å². The Hall–Kier alpha value is -1.47. The molecule has 2 rings (SSSR count). The summed E-state index contributed by atoms with van der Waals surface area (Å²) in [4.78, 5) is 26.1. The van der Waals surface area contributed by atoms with Crippen LogP contribution in [0.4, 0.5) is 0 Å². The van der Waals surface area contributed by atoms with Crippen LogP contribution < -0.4 is 5.32 Å². The maximum absolute atomic E-state index is 11.5. The molecule has 2 N–H and O–H groups in total. The van der Waals surface area contributed by atoms with Crippen molar-refractivity contribution in [3.63, 3.8) is 0 Å². The molecule has 1 amide bonds. The third-order valence-corrected chi connectivity index (χ3v) is 3.12. The van der Waals surface area contributed by atoms with E-state index in [1.54, 1.807) is 10.9 Å². The predicted molar refractivity (Wildman–Crippen MR) is 60.0 cm³/mol. The lowest BCUT2D eigenvalue weighted by molar-refractivity contribution is -0.149. The molecule has 1 fully saturated rings. The molecule has 0 saturated carbocycles. The number of aliphatic carboxylic acids is 1. The van der Waals surface area contributed by atoms with Gasteiger partial charge >= 0.3 is 5.97 Å². The molecule has 0 aliphatic carbocycles. The summed E-state index contributed by atoms with van der Waals surface area (Å²) in [5.74, 6) is -1.20. The number of ether oxygens (including phenoxy) is 1. The Bertz CT molecular complexity index is 406. The van der Waals surface area contributed by atoms with Crippen molar-refractivity contribution in [3.8, 4) is 0 Å². The Morgan fingerprint density at radius 1 is 1.59 bits per heavy atom. The minimum absolute atomic E-state index is 0.223. The van der Waals surface area contributed by atoms with Gasteiger partial charge < -0.3 is 15.2 Å². The second-order valence-electron chi connectivity index (χ2n) is 3.75. The average molecular weight is 256 g/mol. The molecular formula is C10H12N2O4S. The maximum atomic E-state index is 11.5. The number of hydrogen-bond donors (Lipinski definition) is 2. The molecule has 92 valence electrons. The van der Waals surface area contributed by atoms with E-state index in [4.69, 9.17) is 9.84 Å². The molecule has 2 heterocycles. The van der Waals surface area contributed by atoms with Crippen LogP contribution in [0.3, 0.4) is 0 Å². The van der Waals surface area contributed by atoms with Crippen molar-refractivity contribution in [3.05, 3.63) is 16.6 Å². The summed E-state index contributed by atoms with van der Waals surface area (Å²) in [5, 5.41) is 13.1. The standard InChI is InChI=1S/C10H12N2O4S/c13-9(7-4-17-5-12-7)11-3-6-1-2-8(16-6)10(14)15/h4-6,8H,1-3H2,(H,11,13)(H,14,15). The third-order valence-electron chi connectivity index (χ3n) is 2.54. The molecule has 6 nitrogen and oxygen atoms in total. The number of nitrogens with zero attached hydrogens (tertiary/aromatic N) is 1. The monoisotopic (exact) mass is 256 g/mol. The first-order chi connectivity index (χ1) is 8.16. The Labute approximate surface area is 102 Å². The summed E-state index contributed by atoms with van der Waals surface area (Å²) in [5.41, 5.74) is 1.96. The van der Waals surface area contributed by atoms with E-state index in [1.807, 2.05) is 0 Å². The van der Waals surface area contributed by atoms with Gasteiger partial charge in [-0.1, -0.05) is 0 Å². The van der Waals surface area contributed by atoms with Crippen molar-refractivity contribution in [2.75, 3.05) is 6.54 Å². The van der Waals surface area contributed by atoms with Gasteiger partial charge in [-0.2, -0.15) is 0 Å². The summed E-state index contributed by atoms with van der Waals surface area (Å²) >= 11 is 1.35. The number of carbonyl (C=O) groups is 2. The summed E-state index contributed by atoms with van der Waals surface area (Å²) in [6, 6.07) is 0. The van der Waals surface area contributed by atoms with Crippen LogP contribution in [0, 0.1) is 0 Å². The highest BCUT2D eigenvalue weighted by Crippen LogP contribution is 2.19. The number of thiazole rings is 1. The molecule has 1 aromatic heterocycles. The highest BCUT2D eigenvalue weighted by molar-refractivity contribution is 7.07. The zero-order chi connectivity index (χ0) is 12.3. The molecule has 0 radical (unpaired) electrons. The summed E-state index contributed by atoms with van der Waals surface area (Å²) in [6.45, 7) is 0.320. The van der Waals surface area contributed by atoms with Gasteiger partial charge in [-0.3, -0.25) is 4.79 Å². The van der Waals surface area contributed by atoms with Crippen LogP contribution >= 0.6 is 11.3 Å². The van der Waals surface area contributed by atoms with E-state index in [-0.39, 0.29) is 12.0 Å². The van der Waals surface area contributed by atoms with Crippen LogP contribution in [0.25, 0.3) is 0 Å². The minimum atomic E-state index is -0.946. The fourth-order valence-corrected chi connectivity index (χ4v) is 2.19. The van der Waals surface area contributed by atoms with E-state index >= 15 is 0 Å². The zero-order valence-corrected chi connectivity index (χ0v) is 9.77. The van der Waals surface area contributed by atoms with Crippen LogP contribution in [0.1, 0.15) is 23.3 Å². The lowest BCUT2D eigenvalue weighted by atomic mass is 10.2. The molecule has 0 bridgehead atoms. The Kier molecular flexibility index (Phi) is 3.70. The largest absolute Gasteiger partial charge is 0.479 e. The number of carboxylic acids is 1. The zero-order valence-electron chi connectivity index (χ0n) is 8.96. The summed E-state index contributed by atoms with van der Waals surface area (Å²) in [6.07, 6.45) is 0.177. The number of carbonyl (C=O) groups excluding carboxylic acids is 1. The lowest BCUT2D eigenvalue weighted by Crippen LogP contribution is -2.33. The molecule has 0 aromatic carbocycles. The van der Waals surface area contributed by atoms with Gasteiger partial charge in [-0.15, -0.1) is 11.3 Å². The quantitative estimate of drug-likeness (QED) is 0.819. The Morgan fingerprint density at radius 2 is 2.41 bits per heavy atom. The Balaban J connectivity index is 1.76. The van der Waals surface area contributed by atoms with Crippen molar-refractivity contribution in [2.45, 2.75) is 25.0 Å². The number of nitrogens with one attached hydrogen (secondary N) is 1. The fraction of sp³-hybridized carbons (Fsp3) is 0.500. The van der Waals surface area contributed by atoms with Gasteiger partial charge in [0.1, 0.15) is 5.69 Å². The van der Waals surface area contributed by atoms with E-state index in [0.717, 1.165) is 0 Å². The van der Waals surface area contributed by atoms with E-state index in [9.17, 15) is 9.59 Å². The molecule has 2 atom stereocenters. The number of hydrogen-bond acceptors (Lipinski definition) is 5. The second-order valence-corrected chi connectivity index (χ2v) is 4.46. The van der Waals surface area contributed by atoms with Crippen molar-refractivity contribution >= 4 is 23.2 Å². The predicted octanol–water partition coefficient (Wildman–Crippen LogP) is 0.505. The van der Waals surface area contributed by atoms with Gasteiger partial charge in [-0.05, 0) is 12.8 Å². The fourth-order valence-electron chi connectivity index (χ4n) is 1.66. The van der Waals surface area contributed by atoms with Crippen LogP contribution in [0.5, 0.6) is 0 Å². The van der Waals surface area contributed by atoms with Gasteiger partial charge in [0.2, 0.25) is 0 Å². The highest BCUT2D eigenvalue weighted by atomic mass is 32.1. The molecule has 7 heteroatoms. The van der Waals surface area contributed by atoms with E-state index in [1.165, 1.54) is 11.3 Å². The molecular weight excluding hydrogens is 244 g/mol. The summed E-state index contributed by atoms with van der Waals surface area (Å²) in [7, 11) is 0. The molecule has 1 aliphatic rings. The lowest BCUT2D eigenvalue weighted by Gasteiger charge is -2.11. The molecule has 1 aliphatic heterocycles. The highest BCUT2D eigenvalue weighted by Gasteiger charge is 2.30. The second kappa shape index (κ2) is 5.24. The first-order valence-electron chi connectivity index (χ1n) is 5.21. The minimum Gasteiger partial charge on any atom is -0.479 e. The first-order valence-corrected chi connectivity index (χ1v) is 6.15. The maximum Gasteiger partial charge on any atom is 0.332 e. The normalized spacial score (nSPS) is 23.5. The number of rotatable bonds is 4. The van der Waals surface area contributed by atoms with Crippen molar-refractivity contribution in [2.24, 2.45) is 0 Å². The van der Waals surface area contributed by atoms with E-state index in [0.29, 0.717) is 25.1 Å². The van der Waals surface area contributed by atoms with Gasteiger partial charge in [0.25, 0.3) is 5.91 Å². The third kappa shape index (κ3) is 3.01. The smallest absolute Gasteiger partial charge is 0.332 e. The molecule has 2 unspecified atom stereocenters. The number of amides is 1. The Morgan fingerprint density at radius 3 is 3.00 bits per heavy atom. The van der Waals surface area contributed by atoms with Gasteiger partial charge in [-0.25, -0.2) is 9.78 Å². The number of carboxylic acid groups (broad SMARTS) is 1. The van der Waals surface area contributed by atoms with Crippen LogP contribution in [-0.4, -0.2) is 40.7 Å². The number of aromatic nitrogens is 1. The van der Waals surface area contributed by atoms with Crippen molar-refractivity contribution < 1.29 is 19.4 Å². The molecule has 1 saturated heterocycles. The SMILES string of the molecule is O=C(NCC1CCC(C(=O)O)O1)c1cscn1. The molecule has 0 spiro atoms. The van der Waals surface area contributed by atoms with Crippen molar-refractivity contribution in [1.82, 2.24) is 10.3 Å². The first kappa shape index (κ1) is 12.0. The van der Waals surface area contributed by atoms with E-state index in [2.05, 4.69) is 10.3 Å². The van der Waals surface area contributed by atoms with Gasteiger partial charge in [0.05, 0.1) is 11.6 Å². The van der Waals surface area contributed by atoms with Crippen molar-refractivity contribution in [1.29, 1.82) is 0 Å². The van der Waals surface area contributed by atoms with Crippen LogP contribution in [-0.2, 0) is 9.53 Å². The van der Waals surface area contributed by atoms with Crippen LogP contribution in [0.2, 0.25) is 0 Å². The van der Waals surface area contributed by atoms with E-state index < -0.39 is 12.1 Å². The van der Waals surface area contributed by atoms with Crippen LogP contribution in [0.15, 0.2) is 10.9 Å². The van der Waals surface area contributed by atoms with Gasteiger partial charge in [0, 0.05) is 11.9 Å².